The highest BCUT2D eigenvalue weighted by Crippen LogP contribution is 2.30. The predicted octanol–water partition coefficient (Wildman–Crippen LogP) is 0.539. The molecule has 1 rings (SSSR count). The molecule has 0 saturated carbocycles. The number of aliphatic hydroxyl groups excluding tert-OH is 1. The molecule has 0 atom stereocenters. The van der Waals surface area contributed by atoms with Crippen molar-refractivity contribution in [2.75, 3.05) is 27.4 Å². The summed E-state index contributed by atoms with van der Waals surface area (Å²) in [6.07, 6.45) is 0. The highest BCUT2D eigenvalue weighted by molar-refractivity contribution is 5.99. The van der Waals surface area contributed by atoms with Gasteiger partial charge in [0.2, 0.25) is 0 Å². The Morgan fingerprint density at radius 2 is 1.76 bits per heavy atom. The molecule has 1 aromatic rings. The summed E-state index contributed by atoms with van der Waals surface area (Å²) in [6.45, 7) is -0.506. The van der Waals surface area contributed by atoms with Crippen LogP contribution in [-0.4, -0.2) is 49.4 Å². The van der Waals surface area contributed by atoms with Gasteiger partial charge in [-0.15, -0.1) is 0 Å². The lowest BCUT2D eigenvalue weighted by molar-refractivity contribution is -0.385. The first-order chi connectivity index (χ1) is 9.96. The van der Waals surface area contributed by atoms with E-state index < -0.39 is 22.5 Å². The van der Waals surface area contributed by atoms with Crippen molar-refractivity contribution in [1.82, 2.24) is 0 Å². The van der Waals surface area contributed by atoms with E-state index in [-0.39, 0.29) is 30.1 Å². The van der Waals surface area contributed by atoms with Gasteiger partial charge >= 0.3 is 11.9 Å². The summed E-state index contributed by atoms with van der Waals surface area (Å²) in [7, 11) is 2.16. The fourth-order valence-corrected chi connectivity index (χ4v) is 1.54. The lowest BCUT2D eigenvalue weighted by Gasteiger charge is -2.11. The Kier molecular flexibility index (Phi) is 5.61. The van der Waals surface area contributed by atoms with Crippen molar-refractivity contribution < 1.29 is 33.8 Å². The van der Waals surface area contributed by atoms with Crippen molar-refractivity contribution in [2.45, 2.75) is 0 Å². The predicted molar refractivity (Wildman–Crippen MR) is 68.4 cm³/mol. The van der Waals surface area contributed by atoms with E-state index in [4.69, 9.17) is 9.84 Å². The zero-order valence-electron chi connectivity index (χ0n) is 11.3. The van der Waals surface area contributed by atoms with Gasteiger partial charge in [0.05, 0.1) is 25.7 Å². The van der Waals surface area contributed by atoms with Crippen molar-refractivity contribution in [3.8, 4) is 5.75 Å². The quantitative estimate of drug-likeness (QED) is 0.458. The van der Waals surface area contributed by atoms with Crippen LogP contribution in [0.15, 0.2) is 12.1 Å². The van der Waals surface area contributed by atoms with Crippen LogP contribution in [0.4, 0.5) is 5.69 Å². The maximum atomic E-state index is 11.6. The van der Waals surface area contributed by atoms with Gasteiger partial charge in [-0.2, -0.15) is 0 Å². The number of nitrogens with zero attached hydrogens (tertiary/aromatic N) is 1. The van der Waals surface area contributed by atoms with Crippen molar-refractivity contribution in [3.63, 3.8) is 0 Å². The van der Waals surface area contributed by atoms with E-state index in [1.54, 1.807) is 0 Å². The van der Waals surface area contributed by atoms with E-state index >= 15 is 0 Å². The number of methoxy groups -OCH3 is 2. The molecule has 114 valence electrons. The summed E-state index contributed by atoms with van der Waals surface area (Å²) in [4.78, 5) is 33.4. The first kappa shape index (κ1) is 16.4. The summed E-state index contributed by atoms with van der Waals surface area (Å²) >= 11 is 0. The van der Waals surface area contributed by atoms with E-state index in [9.17, 15) is 19.7 Å². The monoisotopic (exact) mass is 299 g/mol. The van der Waals surface area contributed by atoms with Crippen LogP contribution >= 0.6 is 0 Å². The molecule has 1 aromatic carbocycles. The number of ether oxygens (including phenoxy) is 3. The average molecular weight is 299 g/mol. The lowest BCUT2D eigenvalue weighted by atomic mass is 10.1. The fraction of sp³-hybridized carbons (Fsp3) is 0.333. The maximum absolute atomic E-state index is 11.6. The number of carbonyl (C=O) groups is 2. The number of carbonyl (C=O) groups excluding carboxylic acids is 2. The molecule has 0 unspecified atom stereocenters. The fourth-order valence-electron chi connectivity index (χ4n) is 1.54. The summed E-state index contributed by atoms with van der Waals surface area (Å²) in [5, 5.41) is 19.7. The lowest BCUT2D eigenvalue weighted by Crippen LogP contribution is -2.13. The molecule has 1 N–H and O–H groups in total. The molecular weight excluding hydrogens is 286 g/mol. The topological polar surface area (TPSA) is 125 Å². The van der Waals surface area contributed by atoms with Crippen molar-refractivity contribution in [3.05, 3.63) is 33.4 Å². The second kappa shape index (κ2) is 7.20. The molecule has 0 aliphatic heterocycles. The molecule has 0 heterocycles. The minimum atomic E-state index is -0.952. The highest BCUT2D eigenvalue weighted by atomic mass is 16.6. The van der Waals surface area contributed by atoms with E-state index in [0.29, 0.717) is 0 Å². The minimum Gasteiger partial charge on any atom is -0.490 e. The van der Waals surface area contributed by atoms with Crippen molar-refractivity contribution >= 4 is 17.6 Å². The van der Waals surface area contributed by atoms with Gasteiger partial charge in [0.15, 0.2) is 0 Å². The molecular formula is C12H13NO8. The van der Waals surface area contributed by atoms with Gasteiger partial charge < -0.3 is 19.3 Å². The molecule has 0 fully saturated rings. The minimum absolute atomic E-state index is 0.123. The van der Waals surface area contributed by atoms with Gasteiger partial charge in [0.1, 0.15) is 23.5 Å². The Morgan fingerprint density at radius 3 is 2.24 bits per heavy atom. The third-order valence-corrected chi connectivity index (χ3v) is 2.45. The summed E-state index contributed by atoms with van der Waals surface area (Å²) in [5.74, 6) is -1.95. The van der Waals surface area contributed by atoms with Crippen LogP contribution in [0, 0.1) is 10.1 Å². The van der Waals surface area contributed by atoms with Crippen LogP contribution in [0.1, 0.15) is 20.7 Å². The number of nitro groups is 1. The normalized spacial score (nSPS) is 9.86. The Labute approximate surface area is 119 Å². The molecule has 9 heteroatoms. The van der Waals surface area contributed by atoms with Gasteiger partial charge in [-0.25, -0.2) is 9.59 Å². The molecule has 0 radical (unpaired) electrons. The molecule has 9 nitrogen and oxygen atoms in total. The highest BCUT2D eigenvalue weighted by Gasteiger charge is 2.27. The molecule has 0 aliphatic carbocycles. The molecule has 0 aromatic heterocycles. The zero-order chi connectivity index (χ0) is 16.0. The number of hydrogen-bond acceptors (Lipinski definition) is 8. The third kappa shape index (κ3) is 3.66. The van der Waals surface area contributed by atoms with Crippen molar-refractivity contribution in [1.29, 1.82) is 0 Å². The maximum Gasteiger partial charge on any atom is 0.345 e. The number of esters is 2. The van der Waals surface area contributed by atoms with Crippen LogP contribution < -0.4 is 4.74 Å². The first-order valence-electron chi connectivity index (χ1n) is 5.69. The van der Waals surface area contributed by atoms with E-state index in [0.717, 1.165) is 26.4 Å². The second-order valence-electron chi connectivity index (χ2n) is 3.68. The van der Waals surface area contributed by atoms with Gasteiger partial charge in [-0.1, -0.05) is 0 Å². The SMILES string of the molecule is COC(=O)c1cc([N+](=O)[O-])c(C(=O)OC)cc1OCCO. The molecule has 0 aliphatic rings. The average Bonchev–Trinajstić information content (AvgIpc) is 2.50. The van der Waals surface area contributed by atoms with Gasteiger partial charge in [0.25, 0.3) is 5.69 Å². The van der Waals surface area contributed by atoms with Gasteiger partial charge in [-0.3, -0.25) is 10.1 Å². The van der Waals surface area contributed by atoms with Crippen LogP contribution in [0.2, 0.25) is 0 Å². The standard InChI is InChI=1S/C12H13NO8/c1-19-11(15)7-6-10(21-4-3-14)8(12(16)20-2)5-9(7)13(17)18/h5-6,14H,3-4H2,1-2H3. The number of nitro benzene ring substituents is 1. The Hall–Kier alpha value is -2.68. The molecule has 21 heavy (non-hydrogen) atoms. The van der Waals surface area contributed by atoms with Crippen LogP contribution in [0.3, 0.4) is 0 Å². The molecule has 0 amide bonds. The smallest absolute Gasteiger partial charge is 0.345 e. The summed E-state index contributed by atoms with van der Waals surface area (Å²) in [5.41, 5.74) is -1.22. The third-order valence-electron chi connectivity index (χ3n) is 2.45. The second-order valence-corrected chi connectivity index (χ2v) is 3.68. The number of benzene rings is 1. The van der Waals surface area contributed by atoms with Gasteiger partial charge in [-0.05, 0) is 0 Å². The van der Waals surface area contributed by atoms with E-state index in [1.807, 2.05) is 0 Å². The summed E-state index contributed by atoms with van der Waals surface area (Å²) < 4.78 is 14.0. The molecule has 0 spiro atoms. The largest absolute Gasteiger partial charge is 0.490 e. The van der Waals surface area contributed by atoms with Crippen LogP contribution in [-0.2, 0) is 9.47 Å². The molecule has 0 saturated heterocycles. The van der Waals surface area contributed by atoms with Crippen molar-refractivity contribution in [2.24, 2.45) is 0 Å². The Bertz CT molecular complexity index is 569. The zero-order valence-corrected chi connectivity index (χ0v) is 11.3. The van der Waals surface area contributed by atoms with E-state index in [2.05, 4.69) is 9.47 Å². The van der Waals surface area contributed by atoms with Gasteiger partial charge in [0, 0.05) is 12.1 Å². The Balaban J connectivity index is 3.49. The van der Waals surface area contributed by atoms with Crippen LogP contribution in [0.5, 0.6) is 5.75 Å². The first-order valence-corrected chi connectivity index (χ1v) is 5.69. The number of rotatable bonds is 6. The van der Waals surface area contributed by atoms with E-state index in [1.165, 1.54) is 0 Å². The molecule has 0 bridgehead atoms. The summed E-state index contributed by atoms with van der Waals surface area (Å²) in [6, 6.07) is 1.87. The van der Waals surface area contributed by atoms with Crippen LogP contribution in [0.25, 0.3) is 0 Å². The number of hydrogen-bond donors (Lipinski definition) is 1. The number of aliphatic hydroxyl groups is 1. The Morgan fingerprint density at radius 1 is 1.19 bits per heavy atom.